The van der Waals surface area contributed by atoms with E-state index in [2.05, 4.69) is 0 Å². The van der Waals surface area contributed by atoms with Gasteiger partial charge in [-0.15, -0.1) is 22.7 Å². The number of thiophene rings is 2. The Morgan fingerprint density at radius 2 is 1.47 bits per heavy atom. The second kappa shape index (κ2) is 10.5. The average molecular weight is 578 g/mol. The van der Waals surface area contributed by atoms with Crippen molar-refractivity contribution in [3.8, 4) is 9.75 Å². The van der Waals surface area contributed by atoms with Crippen LogP contribution in [0.1, 0.15) is 48.5 Å². The van der Waals surface area contributed by atoms with E-state index in [0.29, 0.717) is 29.4 Å². The highest BCUT2D eigenvalue weighted by Crippen LogP contribution is 2.58. The first-order valence-corrected chi connectivity index (χ1v) is 12.0. The van der Waals surface area contributed by atoms with Crippen molar-refractivity contribution in [3.63, 3.8) is 0 Å². The zero-order valence-electron chi connectivity index (χ0n) is 18.2. The molecular weight excluding hydrogens is 560 g/mol. The fraction of sp³-hybridized carbons (Fsp3) is 0.571. The van der Waals surface area contributed by atoms with Crippen molar-refractivity contribution in [1.29, 1.82) is 0 Å². The Hall–Kier alpha value is -1.77. The molecule has 0 atom stereocenters. The van der Waals surface area contributed by atoms with E-state index >= 15 is 0 Å². The minimum atomic E-state index is -7.75. The summed E-state index contributed by atoms with van der Waals surface area (Å²) in [6.07, 6.45) is -1.49. The molecule has 0 spiro atoms. The smallest absolute Gasteiger partial charge is 0.287 e. The summed E-state index contributed by atoms with van der Waals surface area (Å²) < 4.78 is 162. The van der Waals surface area contributed by atoms with E-state index in [4.69, 9.17) is 0 Å². The van der Waals surface area contributed by atoms with Gasteiger partial charge in [-0.05, 0) is 41.3 Å². The number of aryl methyl sites for hydroxylation is 1. The van der Waals surface area contributed by atoms with Crippen molar-refractivity contribution in [1.82, 2.24) is 0 Å². The molecule has 0 bridgehead atoms. The highest BCUT2D eigenvalue weighted by Gasteiger charge is 2.89. The van der Waals surface area contributed by atoms with Gasteiger partial charge in [0.05, 0.1) is 4.88 Å². The van der Waals surface area contributed by atoms with Crippen molar-refractivity contribution < 1.29 is 57.5 Å². The zero-order chi connectivity index (χ0) is 27.7. The Morgan fingerprint density at radius 3 is 2.03 bits per heavy atom. The topological polar surface area (TPSA) is 17.1 Å². The van der Waals surface area contributed by atoms with Crippen LogP contribution in [-0.4, -0.2) is 41.8 Å². The van der Waals surface area contributed by atoms with Crippen molar-refractivity contribution >= 4 is 28.5 Å². The minimum Gasteiger partial charge on any atom is -0.287 e. The SMILES string of the molecule is CCCCCCc1csc(-c2sccc2C(=O)C(F)(F)C(F)(F)C(F)(F)C(F)(F)C(F)(F)C(F)F)c1. The standard InChI is InChI=1S/C21H18F12OS2/c1-2-3-4-5-6-11-9-13(36-10-11)14-12(7-8-35-14)15(34)17(24,25)19(28,29)21(32,33)20(30,31)18(26,27)16(22)23/h7-10,16H,2-6H2,1H3. The lowest BCUT2D eigenvalue weighted by molar-refractivity contribution is -0.405. The first-order valence-electron chi connectivity index (χ1n) is 10.2. The molecule has 2 aromatic heterocycles. The largest absolute Gasteiger partial charge is 0.386 e. The van der Waals surface area contributed by atoms with Gasteiger partial charge in [0.2, 0.25) is 5.78 Å². The summed E-state index contributed by atoms with van der Waals surface area (Å²) in [5.74, 6) is -39.7. The summed E-state index contributed by atoms with van der Waals surface area (Å²) in [4.78, 5) is 12.0. The van der Waals surface area contributed by atoms with E-state index in [1.807, 2.05) is 6.92 Å². The Bertz CT molecular complexity index is 1040. The average Bonchev–Trinajstić information content (AvgIpc) is 3.44. The molecule has 0 aliphatic carbocycles. The van der Waals surface area contributed by atoms with Gasteiger partial charge in [0, 0.05) is 10.4 Å². The number of unbranched alkanes of at least 4 members (excludes halogenated alkanes) is 3. The van der Waals surface area contributed by atoms with Crippen LogP contribution < -0.4 is 0 Å². The molecule has 0 fully saturated rings. The molecular formula is C21H18F12OS2. The van der Waals surface area contributed by atoms with E-state index < -0.39 is 47.4 Å². The van der Waals surface area contributed by atoms with Crippen LogP contribution in [0.15, 0.2) is 22.9 Å². The number of hydrogen-bond acceptors (Lipinski definition) is 3. The number of ketones is 1. The molecule has 0 radical (unpaired) electrons. The molecule has 2 rings (SSSR count). The van der Waals surface area contributed by atoms with Crippen molar-refractivity contribution in [2.45, 2.75) is 75.1 Å². The van der Waals surface area contributed by atoms with Crippen LogP contribution in [0.3, 0.4) is 0 Å². The number of halogens is 12. The molecule has 0 unspecified atom stereocenters. The quantitative estimate of drug-likeness (QED) is 0.132. The number of alkyl halides is 12. The number of carbonyl (C=O) groups is 1. The fourth-order valence-electron chi connectivity index (χ4n) is 3.11. The van der Waals surface area contributed by atoms with Gasteiger partial charge in [-0.1, -0.05) is 26.2 Å². The lowest BCUT2D eigenvalue weighted by Gasteiger charge is -2.38. The van der Waals surface area contributed by atoms with E-state index in [0.717, 1.165) is 42.4 Å². The van der Waals surface area contributed by atoms with Crippen molar-refractivity contribution in [2.75, 3.05) is 0 Å². The van der Waals surface area contributed by atoms with Gasteiger partial charge < -0.3 is 0 Å². The van der Waals surface area contributed by atoms with Gasteiger partial charge in [-0.25, -0.2) is 8.78 Å². The molecule has 0 saturated heterocycles. The second-order valence-corrected chi connectivity index (χ2v) is 9.67. The predicted octanol–water partition coefficient (Wildman–Crippen LogP) is 9.22. The summed E-state index contributed by atoms with van der Waals surface area (Å²) in [6.45, 7) is 1.98. The Morgan fingerprint density at radius 1 is 0.861 bits per heavy atom. The van der Waals surface area contributed by atoms with Crippen LogP contribution in [0.5, 0.6) is 0 Å². The van der Waals surface area contributed by atoms with Gasteiger partial charge in [-0.3, -0.25) is 4.79 Å². The van der Waals surface area contributed by atoms with Crippen LogP contribution in [0.4, 0.5) is 52.7 Å². The van der Waals surface area contributed by atoms with Crippen LogP contribution in [0, 0.1) is 0 Å². The molecule has 2 aromatic rings. The summed E-state index contributed by atoms with van der Waals surface area (Å²) in [6, 6.07) is 2.00. The van der Waals surface area contributed by atoms with Gasteiger partial charge >= 0.3 is 36.0 Å². The third-order valence-electron chi connectivity index (χ3n) is 5.27. The molecule has 0 amide bonds. The van der Waals surface area contributed by atoms with Crippen LogP contribution in [-0.2, 0) is 6.42 Å². The molecule has 0 aliphatic rings. The minimum absolute atomic E-state index is 0.110. The van der Waals surface area contributed by atoms with Gasteiger partial charge in [0.15, 0.2) is 0 Å². The number of Topliss-reactive ketones (excluding diaryl/α,β-unsaturated/α-hetero) is 1. The molecule has 15 heteroatoms. The molecule has 36 heavy (non-hydrogen) atoms. The molecule has 1 nitrogen and oxygen atoms in total. The molecule has 2 heterocycles. The van der Waals surface area contributed by atoms with Gasteiger partial charge in [0.1, 0.15) is 0 Å². The van der Waals surface area contributed by atoms with Gasteiger partial charge in [0.25, 0.3) is 0 Å². The molecule has 0 aromatic carbocycles. The highest BCUT2D eigenvalue weighted by atomic mass is 32.1. The number of carbonyl (C=O) groups excluding carboxylic acids is 1. The summed E-state index contributed by atoms with van der Waals surface area (Å²) >= 11 is 1.49. The monoisotopic (exact) mass is 578 g/mol. The third kappa shape index (κ3) is 5.01. The predicted molar refractivity (Wildman–Crippen MR) is 111 cm³/mol. The first kappa shape index (κ1) is 30.5. The van der Waals surface area contributed by atoms with E-state index in [1.54, 1.807) is 5.38 Å². The molecule has 0 saturated carbocycles. The fourth-order valence-corrected chi connectivity index (χ4v) is 5.11. The van der Waals surface area contributed by atoms with Crippen LogP contribution in [0.2, 0.25) is 0 Å². The maximum absolute atomic E-state index is 14.4. The summed E-state index contributed by atoms with van der Waals surface area (Å²) in [5, 5.41) is 2.55. The normalized spacial score (nSPS) is 14.1. The second-order valence-electron chi connectivity index (χ2n) is 7.84. The number of hydrogen-bond donors (Lipinski definition) is 0. The van der Waals surface area contributed by atoms with E-state index in [-0.39, 0.29) is 9.75 Å². The maximum atomic E-state index is 14.4. The van der Waals surface area contributed by atoms with Crippen molar-refractivity contribution in [3.05, 3.63) is 34.0 Å². The Labute approximate surface area is 205 Å². The maximum Gasteiger partial charge on any atom is 0.386 e. The third-order valence-corrected chi connectivity index (χ3v) is 7.34. The van der Waals surface area contributed by atoms with E-state index in [9.17, 15) is 57.5 Å². The summed E-state index contributed by atoms with van der Waals surface area (Å²) in [7, 11) is 0. The Kier molecular flexibility index (Phi) is 8.92. The zero-order valence-corrected chi connectivity index (χ0v) is 19.8. The van der Waals surface area contributed by atoms with E-state index in [1.165, 1.54) is 6.07 Å². The Balaban J connectivity index is 2.41. The first-order chi connectivity index (χ1) is 16.4. The van der Waals surface area contributed by atoms with Gasteiger partial charge in [-0.2, -0.15) is 43.9 Å². The molecule has 204 valence electrons. The summed E-state index contributed by atoms with van der Waals surface area (Å²) in [5.41, 5.74) is -0.542. The number of rotatable bonds is 13. The lowest BCUT2D eigenvalue weighted by Crippen LogP contribution is -2.69. The molecule has 0 N–H and O–H groups in total. The van der Waals surface area contributed by atoms with Crippen molar-refractivity contribution in [2.24, 2.45) is 0 Å². The molecule has 0 aliphatic heterocycles. The van der Waals surface area contributed by atoms with Crippen LogP contribution in [0.25, 0.3) is 9.75 Å². The van der Waals surface area contributed by atoms with Crippen LogP contribution >= 0.6 is 22.7 Å². The lowest BCUT2D eigenvalue weighted by atomic mass is 9.90. The highest BCUT2D eigenvalue weighted by molar-refractivity contribution is 7.20.